The molecule has 1 saturated carbocycles. The summed E-state index contributed by atoms with van der Waals surface area (Å²) in [5, 5.41) is 0. The maximum absolute atomic E-state index is 12.4. The number of rotatable bonds is 12. The molecule has 6 nitrogen and oxygen atoms in total. The molecule has 6 heteroatoms. The minimum absolute atomic E-state index is 0.415. The molecule has 1 heterocycles. The highest BCUT2D eigenvalue weighted by molar-refractivity contribution is 5.91. The van der Waals surface area contributed by atoms with E-state index in [4.69, 9.17) is 23.7 Å². The van der Waals surface area contributed by atoms with Crippen LogP contribution in [0.1, 0.15) is 54.4 Å². The monoisotopic (exact) mass is 454 g/mol. The van der Waals surface area contributed by atoms with E-state index in [0.29, 0.717) is 47.5 Å². The summed E-state index contributed by atoms with van der Waals surface area (Å²) >= 11 is 0. The average molecular weight is 455 g/mol. The van der Waals surface area contributed by atoms with E-state index in [0.717, 1.165) is 38.0 Å². The van der Waals surface area contributed by atoms with E-state index in [1.54, 1.807) is 37.4 Å². The Balaban J connectivity index is 1.13. The molecule has 0 bridgehead atoms. The van der Waals surface area contributed by atoms with Crippen molar-refractivity contribution in [3.8, 4) is 17.2 Å². The molecule has 3 unspecified atom stereocenters. The van der Waals surface area contributed by atoms with Crippen molar-refractivity contribution in [2.24, 2.45) is 5.92 Å². The van der Waals surface area contributed by atoms with Gasteiger partial charge in [-0.1, -0.05) is 17.7 Å². The second kappa shape index (κ2) is 11.5. The number of fused-ring (bicyclic) bond motifs is 1. The summed E-state index contributed by atoms with van der Waals surface area (Å²) in [6.45, 7) is 4.23. The van der Waals surface area contributed by atoms with Crippen LogP contribution >= 0.6 is 0 Å². The van der Waals surface area contributed by atoms with E-state index in [1.807, 2.05) is 19.1 Å². The first-order chi connectivity index (χ1) is 16.1. The molecule has 2 fully saturated rings. The van der Waals surface area contributed by atoms with Crippen molar-refractivity contribution < 1.29 is 28.5 Å². The van der Waals surface area contributed by atoms with Crippen LogP contribution < -0.4 is 14.2 Å². The highest BCUT2D eigenvalue weighted by atomic mass is 16.6. The molecule has 0 N–H and O–H groups in total. The molecule has 178 valence electrons. The number of hydrogen-bond acceptors (Lipinski definition) is 6. The standard InChI is InChI=1S/C27H34O6/c1-19-6-10-22(11-7-19)32-27(28)21-9-13-23(25(17-21)29-2)31-15-5-3-4-14-30-18-20-8-12-24-26(16-20)33-24/h6-7,9-11,13,17,20,24,26H,3-5,8,12,14-16,18H2,1-2H3. The number of ether oxygens (including phenoxy) is 5. The summed E-state index contributed by atoms with van der Waals surface area (Å²) in [4.78, 5) is 12.4. The van der Waals surface area contributed by atoms with Gasteiger partial charge < -0.3 is 23.7 Å². The normalized spacial score (nSPS) is 21.2. The summed E-state index contributed by atoms with van der Waals surface area (Å²) < 4.78 is 28.2. The molecule has 0 radical (unpaired) electrons. The second-order valence-electron chi connectivity index (χ2n) is 8.94. The van der Waals surface area contributed by atoms with Gasteiger partial charge in [0.15, 0.2) is 11.5 Å². The summed E-state index contributed by atoms with van der Waals surface area (Å²) in [7, 11) is 1.57. The lowest BCUT2D eigenvalue weighted by atomic mass is 9.90. The summed E-state index contributed by atoms with van der Waals surface area (Å²) in [6.07, 6.45) is 7.70. The first kappa shape index (κ1) is 23.6. The van der Waals surface area contributed by atoms with Crippen molar-refractivity contribution in [1.29, 1.82) is 0 Å². The van der Waals surface area contributed by atoms with E-state index in [-0.39, 0.29) is 0 Å². The van der Waals surface area contributed by atoms with Crippen LogP contribution in [-0.4, -0.2) is 45.1 Å². The van der Waals surface area contributed by atoms with Crippen LogP contribution in [0.5, 0.6) is 17.2 Å². The van der Waals surface area contributed by atoms with Crippen molar-refractivity contribution in [1.82, 2.24) is 0 Å². The molecular weight excluding hydrogens is 420 g/mol. The molecule has 0 amide bonds. The maximum Gasteiger partial charge on any atom is 0.343 e. The number of benzene rings is 2. The van der Waals surface area contributed by atoms with Crippen LogP contribution in [-0.2, 0) is 9.47 Å². The lowest BCUT2D eigenvalue weighted by molar-refractivity contribution is 0.0734. The Kier molecular flexibility index (Phi) is 8.24. The third-order valence-corrected chi connectivity index (χ3v) is 6.29. The van der Waals surface area contributed by atoms with Crippen molar-refractivity contribution in [2.45, 2.75) is 57.7 Å². The minimum Gasteiger partial charge on any atom is -0.493 e. The van der Waals surface area contributed by atoms with Crippen LogP contribution in [0.2, 0.25) is 0 Å². The molecule has 2 aromatic carbocycles. The Morgan fingerprint density at radius 3 is 2.58 bits per heavy atom. The Morgan fingerprint density at radius 1 is 0.970 bits per heavy atom. The molecule has 33 heavy (non-hydrogen) atoms. The quantitative estimate of drug-likeness (QED) is 0.186. The average Bonchev–Trinajstić information content (AvgIpc) is 3.61. The van der Waals surface area contributed by atoms with Gasteiger partial charge in [-0.25, -0.2) is 4.79 Å². The van der Waals surface area contributed by atoms with Gasteiger partial charge in [-0.05, 0) is 81.7 Å². The van der Waals surface area contributed by atoms with Gasteiger partial charge in [-0.3, -0.25) is 0 Å². The number of epoxide rings is 1. The predicted octanol–water partition coefficient (Wildman–Crippen LogP) is 5.36. The van der Waals surface area contributed by atoms with Gasteiger partial charge in [0, 0.05) is 13.2 Å². The van der Waals surface area contributed by atoms with Crippen LogP contribution in [0.25, 0.3) is 0 Å². The largest absolute Gasteiger partial charge is 0.493 e. The third kappa shape index (κ3) is 6.95. The number of esters is 1. The topological polar surface area (TPSA) is 66.5 Å². The van der Waals surface area contributed by atoms with Gasteiger partial charge in [0.1, 0.15) is 5.75 Å². The zero-order chi connectivity index (χ0) is 23.0. The van der Waals surface area contributed by atoms with Gasteiger partial charge in [0.25, 0.3) is 0 Å². The fraction of sp³-hybridized carbons (Fsp3) is 0.519. The predicted molar refractivity (Wildman–Crippen MR) is 125 cm³/mol. The van der Waals surface area contributed by atoms with E-state index in [1.165, 1.54) is 19.3 Å². The van der Waals surface area contributed by atoms with Crippen LogP contribution in [0.15, 0.2) is 42.5 Å². The zero-order valence-electron chi connectivity index (χ0n) is 19.6. The van der Waals surface area contributed by atoms with Gasteiger partial charge in [0.2, 0.25) is 0 Å². The highest BCUT2D eigenvalue weighted by Crippen LogP contribution is 2.39. The lowest BCUT2D eigenvalue weighted by Gasteiger charge is -2.18. The Labute approximate surface area is 196 Å². The Hall–Kier alpha value is -2.57. The minimum atomic E-state index is -0.429. The van der Waals surface area contributed by atoms with Crippen molar-refractivity contribution in [3.05, 3.63) is 53.6 Å². The van der Waals surface area contributed by atoms with E-state index in [2.05, 4.69) is 0 Å². The Morgan fingerprint density at radius 2 is 1.79 bits per heavy atom. The summed E-state index contributed by atoms with van der Waals surface area (Å²) in [6, 6.07) is 12.5. The van der Waals surface area contributed by atoms with E-state index < -0.39 is 5.97 Å². The Bertz CT molecular complexity index is 909. The summed E-state index contributed by atoms with van der Waals surface area (Å²) in [5.74, 6) is 1.89. The van der Waals surface area contributed by atoms with Gasteiger partial charge >= 0.3 is 5.97 Å². The smallest absolute Gasteiger partial charge is 0.343 e. The number of aryl methyl sites for hydroxylation is 1. The SMILES string of the molecule is COc1cc(C(=O)Oc2ccc(C)cc2)ccc1OCCCCCOCC1CCC2OC2C1. The van der Waals surface area contributed by atoms with Crippen molar-refractivity contribution in [3.63, 3.8) is 0 Å². The van der Waals surface area contributed by atoms with Crippen LogP contribution in [0.3, 0.4) is 0 Å². The fourth-order valence-electron chi connectivity index (χ4n) is 4.24. The van der Waals surface area contributed by atoms with Crippen molar-refractivity contribution >= 4 is 5.97 Å². The molecular formula is C27H34O6. The van der Waals surface area contributed by atoms with Crippen LogP contribution in [0.4, 0.5) is 0 Å². The van der Waals surface area contributed by atoms with E-state index in [9.17, 15) is 4.79 Å². The number of carbonyl (C=O) groups is 1. The lowest BCUT2D eigenvalue weighted by Crippen LogP contribution is -2.18. The van der Waals surface area contributed by atoms with Gasteiger partial charge in [0.05, 0.1) is 31.5 Å². The van der Waals surface area contributed by atoms with Gasteiger partial charge in [-0.2, -0.15) is 0 Å². The number of unbranched alkanes of at least 4 members (excludes halogenated alkanes) is 2. The molecule has 1 aliphatic heterocycles. The number of carbonyl (C=O) groups excluding carboxylic acids is 1. The molecule has 1 aliphatic carbocycles. The fourth-order valence-corrected chi connectivity index (χ4v) is 4.24. The third-order valence-electron chi connectivity index (χ3n) is 6.29. The molecule has 1 saturated heterocycles. The van der Waals surface area contributed by atoms with E-state index >= 15 is 0 Å². The van der Waals surface area contributed by atoms with Crippen LogP contribution in [0, 0.1) is 12.8 Å². The molecule has 3 atom stereocenters. The number of methoxy groups -OCH3 is 1. The number of hydrogen-bond donors (Lipinski definition) is 0. The zero-order valence-corrected chi connectivity index (χ0v) is 19.6. The molecule has 0 spiro atoms. The maximum atomic E-state index is 12.4. The molecule has 4 rings (SSSR count). The first-order valence-electron chi connectivity index (χ1n) is 12.0. The summed E-state index contributed by atoms with van der Waals surface area (Å²) in [5.41, 5.74) is 1.52. The molecule has 2 aliphatic rings. The molecule has 0 aromatic heterocycles. The highest BCUT2D eigenvalue weighted by Gasteiger charge is 2.43. The first-order valence-corrected chi connectivity index (χ1v) is 12.0. The molecule has 2 aromatic rings. The van der Waals surface area contributed by atoms with Crippen molar-refractivity contribution in [2.75, 3.05) is 26.9 Å². The van der Waals surface area contributed by atoms with Gasteiger partial charge in [-0.15, -0.1) is 0 Å². The second-order valence-corrected chi connectivity index (χ2v) is 8.94.